The second-order valence-corrected chi connectivity index (χ2v) is 15.7. The van der Waals surface area contributed by atoms with E-state index in [0.29, 0.717) is 0 Å². The minimum Gasteiger partial charge on any atom is -0.465 e. The van der Waals surface area contributed by atoms with E-state index in [1.165, 1.54) is 21.0 Å². The SMILES string of the molecule is COC(=O)[C@]1(OC)C[C@H](OC(C)=O)[C@@H](NC(C)=O)[C@H]([C@H](OC(C)=O)[C@@H](CO[Si](C)(C)C(C)(C)C)OC(C)=O)O1. The zero-order valence-corrected chi connectivity index (χ0v) is 25.7. The fourth-order valence-corrected chi connectivity index (χ4v) is 4.93. The molecule has 1 aliphatic rings. The van der Waals surface area contributed by atoms with E-state index in [-0.39, 0.29) is 18.1 Å². The first kappa shape index (κ1) is 34.5. The number of amides is 1. The van der Waals surface area contributed by atoms with Crippen molar-refractivity contribution < 1.29 is 56.8 Å². The number of carbonyl (C=O) groups excluding carboxylic acids is 5. The van der Waals surface area contributed by atoms with Gasteiger partial charge in [0.05, 0.1) is 26.2 Å². The fraction of sp³-hybridized carbons (Fsp3) is 0.800. The second kappa shape index (κ2) is 13.7. The molecule has 6 atom stereocenters. The summed E-state index contributed by atoms with van der Waals surface area (Å²) >= 11 is 0. The van der Waals surface area contributed by atoms with Gasteiger partial charge in [0.25, 0.3) is 5.79 Å². The highest BCUT2D eigenvalue weighted by atomic mass is 28.4. The van der Waals surface area contributed by atoms with Gasteiger partial charge in [0.15, 0.2) is 20.5 Å². The molecular weight excluding hydrogens is 534 g/mol. The number of ether oxygens (including phenoxy) is 6. The van der Waals surface area contributed by atoms with Crippen molar-refractivity contribution in [1.29, 1.82) is 0 Å². The van der Waals surface area contributed by atoms with Gasteiger partial charge in [-0.25, -0.2) is 4.79 Å². The van der Waals surface area contributed by atoms with Gasteiger partial charge in [-0.3, -0.25) is 19.2 Å². The predicted octanol–water partition coefficient (Wildman–Crippen LogP) is 1.61. The summed E-state index contributed by atoms with van der Waals surface area (Å²) in [5.74, 6) is -5.80. The molecule has 39 heavy (non-hydrogen) atoms. The van der Waals surface area contributed by atoms with E-state index < -0.39 is 74.3 Å². The maximum absolute atomic E-state index is 12.9. The molecule has 1 heterocycles. The van der Waals surface area contributed by atoms with Gasteiger partial charge in [-0.1, -0.05) is 20.8 Å². The number of rotatable bonds is 11. The molecule has 0 aliphatic carbocycles. The van der Waals surface area contributed by atoms with Gasteiger partial charge in [0, 0.05) is 34.8 Å². The van der Waals surface area contributed by atoms with Crippen molar-refractivity contribution in [2.24, 2.45) is 0 Å². The summed E-state index contributed by atoms with van der Waals surface area (Å²) in [7, 11) is -0.107. The lowest BCUT2D eigenvalue weighted by molar-refractivity contribution is -0.307. The van der Waals surface area contributed by atoms with Gasteiger partial charge in [-0.15, -0.1) is 0 Å². The van der Waals surface area contributed by atoms with Gasteiger partial charge in [0.1, 0.15) is 12.2 Å². The Morgan fingerprint density at radius 3 is 1.95 bits per heavy atom. The molecule has 0 radical (unpaired) electrons. The smallest absolute Gasteiger partial charge is 0.366 e. The van der Waals surface area contributed by atoms with Gasteiger partial charge < -0.3 is 38.2 Å². The first-order valence-electron chi connectivity index (χ1n) is 12.5. The Morgan fingerprint density at radius 2 is 1.54 bits per heavy atom. The zero-order chi connectivity index (χ0) is 30.3. The summed E-state index contributed by atoms with van der Waals surface area (Å²) in [6, 6.07) is -1.16. The third kappa shape index (κ3) is 9.26. The van der Waals surface area contributed by atoms with E-state index in [2.05, 4.69) is 5.32 Å². The van der Waals surface area contributed by atoms with Crippen molar-refractivity contribution in [2.75, 3.05) is 20.8 Å². The summed E-state index contributed by atoms with van der Waals surface area (Å²) in [4.78, 5) is 61.6. The van der Waals surface area contributed by atoms with E-state index >= 15 is 0 Å². The molecule has 1 saturated heterocycles. The Kier molecular flexibility index (Phi) is 12.1. The Labute approximate surface area is 230 Å². The van der Waals surface area contributed by atoms with Gasteiger partial charge in [-0.2, -0.15) is 0 Å². The van der Waals surface area contributed by atoms with Crippen LogP contribution in [0.1, 0.15) is 54.9 Å². The molecule has 0 aromatic rings. The Morgan fingerprint density at radius 1 is 0.974 bits per heavy atom. The van der Waals surface area contributed by atoms with Crippen LogP contribution >= 0.6 is 0 Å². The van der Waals surface area contributed by atoms with Crippen LogP contribution in [0.5, 0.6) is 0 Å². The summed E-state index contributed by atoms with van der Waals surface area (Å²) in [6.07, 6.45) is -5.66. The summed E-state index contributed by atoms with van der Waals surface area (Å²) in [5.41, 5.74) is 0. The van der Waals surface area contributed by atoms with Crippen LogP contribution < -0.4 is 5.32 Å². The highest BCUT2D eigenvalue weighted by Gasteiger charge is 2.59. The van der Waals surface area contributed by atoms with Crippen LogP contribution in [-0.4, -0.2) is 95.2 Å². The normalized spacial score (nSPS) is 25.1. The molecule has 1 N–H and O–H groups in total. The Balaban J connectivity index is 3.77. The third-order valence-corrected chi connectivity index (χ3v) is 11.3. The molecule has 0 unspecified atom stereocenters. The number of carbonyl (C=O) groups is 5. The van der Waals surface area contributed by atoms with Gasteiger partial charge >= 0.3 is 23.9 Å². The van der Waals surface area contributed by atoms with Crippen molar-refractivity contribution in [3.8, 4) is 0 Å². The van der Waals surface area contributed by atoms with Crippen molar-refractivity contribution in [3.63, 3.8) is 0 Å². The number of hydrogen-bond donors (Lipinski definition) is 1. The van der Waals surface area contributed by atoms with Crippen molar-refractivity contribution in [2.45, 2.75) is 109 Å². The minimum atomic E-state index is -2.40. The molecule has 1 aliphatic heterocycles. The Hall–Kier alpha value is -2.55. The molecule has 0 spiro atoms. The van der Waals surface area contributed by atoms with E-state index in [1.807, 2.05) is 33.9 Å². The van der Waals surface area contributed by atoms with Crippen LogP contribution in [0.4, 0.5) is 0 Å². The monoisotopic (exact) mass is 577 g/mol. The van der Waals surface area contributed by atoms with E-state index in [9.17, 15) is 24.0 Å². The highest BCUT2D eigenvalue weighted by molar-refractivity contribution is 6.74. The van der Waals surface area contributed by atoms with Crippen LogP contribution in [0.15, 0.2) is 0 Å². The maximum atomic E-state index is 12.9. The summed E-state index contributed by atoms with van der Waals surface area (Å²) in [6.45, 7) is 14.5. The minimum absolute atomic E-state index is 0.197. The van der Waals surface area contributed by atoms with Crippen molar-refractivity contribution in [1.82, 2.24) is 5.32 Å². The fourth-order valence-electron chi connectivity index (χ4n) is 3.92. The summed E-state index contributed by atoms with van der Waals surface area (Å²) in [5, 5.41) is 2.44. The number of methoxy groups -OCH3 is 2. The van der Waals surface area contributed by atoms with Crippen LogP contribution in [0, 0.1) is 0 Å². The highest BCUT2D eigenvalue weighted by Crippen LogP contribution is 2.39. The lowest BCUT2D eigenvalue weighted by Gasteiger charge is -2.48. The van der Waals surface area contributed by atoms with Crippen molar-refractivity contribution in [3.05, 3.63) is 0 Å². The molecule has 1 rings (SSSR count). The lowest BCUT2D eigenvalue weighted by Crippen LogP contribution is -2.69. The van der Waals surface area contributed by atoms with Crippen LogP contribution in [0.3, 0.4) is 0 Å². The largest absolute Gasteiger partial charge is 0.465 e. The molecule has 0 saturated carbocycles. The zero-order valence-electron chi connectivity index (χ0n) is 24.7. The number of esters is 4. The molecule has 1 fully saturated rings. The average Bonchev–Trinajstić information content (AvgIpc) is 2.79. The van der Waals surface area contributed by atoms with E-state index in [1.54, 1.807) is 0 Å². The van der Waals surface area contributed by atoms with Gasteiger partial charge in [-0.05, 0) is 18.1 Å². The van der Waals surface area contributed by atoms with Gasteiger partial charge in [0.2, 0.25) is 5.91 Å². The second-order valence-electron chi connectivity index (χ2n) is 10.9. The third-order valence-electron chi connectivity index (χ3n) is 6.79. The molecule has 0 aromatic heterocycles. The topological polar surface area (TPSA) is 162 Å². The lowest BCUT2D eigenvalue weighted by atomic mass is 9.88. The van der Waals surface area contributed by atoms with Crippen molar-refractivity contribution >= 4 is 38.1 Å². The molecule has 13 nitrogen and oxygen atoms in total. The first-order chi connectivity index (χ1) is 17.8. The standard InChI is InChI=1S/C25H43NO12Si/c1-14(27)26-20-18(35-15(2)28)12-25(33-9,23(31)32-8)38-22(20)21(37-17(4)30)19(36-16(3)29)13-34-39(10,11)24(5,6)7/h18-22H,12-13H2,1-11H3,(H,26,27)/t18-,19+,20+,21+,22+,25-/m0/s1. The predicted molar refractivity (Wildman–Crippen MR) is 139 cm³/mol. The molecule has 1 amide bonds. The molecule has 0 bridgehead atoms. The van der Waals surface area contributed by atoms with Crippen LogP contribution in [0.25, 0.3) is 0 Å². The number of nitrogens with one attached hydrogen (secondary N) is 1. The van der Waals surface area contributed by atoms with E-state index in [4.69, 9.17) is 32.8 Å². The quantitative estimate of drug-likeness (QED) is 0.215. The molecule has 14 heteroatoms. The molecule has 224 valence electrons. The van der Waals surface area contributed by atoms with E-state index in [0.717, 1.165) is 21.0 Å². The number of hydrogen-bond acceptors (Lipinski definition) is 12. The molecule has 0 aromatic carbocycles. The first-order valence-corrected chi connectivity index (χ1v) is 15.4. The Bertz CT molecular complexity index is 917. The maximum Gasteiger partial charge on any atom is 0.366 e. The van der Waals surface area contributed by atoms with Crippen LogP contribution in [0.2, 0.25) is 18.1 Å². The summed E-state index contributed by atoms with van der Waals surface area (Å²) < 4.78 is 39.4. The molecular formula is C25H43NO12Si. The van der Waals surface area contributed by atoms with Crippen LogP contribution in [-0.2, 0) is 56.8 Å². The average molecular weight is 578 g/mol.